The summed E-state index contributed by atoms with van der Waals surface area (Å²) in [7, 11) is 0. The Morgan fingerprint density at radius 2 is 1.85 bits per heavy atom. The Morgan fingerprint density at radius 3 is 2.44 bits per heavy atom. The highest BCUT2D eigenvalue weighted by Crippen LogP contribution is 2.62. The van der Waals surface area contributed by atoms with E-state index in [1.165, 1.54) is 6.42 Å². The number of aliphatic hydroxyl groups is 1. The minimum Gasteiger partial charge on any atom is -0.390 e. The van der Waals surface area contributed by atoms with Crippen LogP contribution >= 0.6 is 0 Å². The van der Waals surface area contributed by atoms with E-state index < -0.39 is 5.60 Å². The Balaban J connectivity index is 1.24. The van der Waals surface area contributed by atoms with Crippen molar-refractivity contribution in [2.24, 2.45) is 17.3 Å². The van der Waals surface area contributed by atoms with Crippen LogP contribution in [0.5, 0.6) is 0 Å². The summed E-state index contributed by atoms with van der Waals surface area (Å²) in [5.41, 5.74) is 1.15. The minimum absolute atomic E-state index is 0.00910. The van der Waals surface area contributed by atoms with Crippen molar-refractivity contribution in [2.75, 3.05) is 16.8 Å². The van der Waals surface area contributed by atoms with Gasteiger partial charge in [-0.05, 0) is 86.5 Å². The van der Waals surface area contributed by atoms with Crippen molar-refractivity contribution >= 4 is 23.2 Å². The smallest absolute Gasteiger partial charge is 0.227 e. The third kappa shape index (κ3) is 3.16. The second kappa shape index (κ2) is 6.06. The fraction of sp³-hybridized carbons (Fsp3) is 0.636. The van der Waals surface area contributed by atoms with Crippen molar-refractivity contribution in [1.29, 1.82) is 0 Å². The van der Waals surface area contributed by atoms with E-state index in [4.69, 9.17) is 0 Å². The van der Waals surface area contributed by atoms with Gasteiger partial charge in [0.2, 0.25) is 11.8 Å². The lowest BCUT2D eigenvalue weighted by atomic mass is 9.47. The summed E-state index contributed by atoms with van der Waals surface area (Å²) in [6.45, 7) is 0.776. The summed E-state index contributed by atoms with van der Waals surface area (Å²) in [4.78, 5) is 26.4. The van der Waals surface area contributed by atoms with Crippen molar-refractivity contribution in [3.63, 3.8) is 0 Å². The SMILES string of the molecule is O=C(CC12C[C@@H]3C[C@@H](CC(O)(C3)C1)C2)Nc1ccc(N2CCCC2=O)cc1. The molecule has 1 aromatic carbocycles. The first-order valence-electron chi connectivity index (χ1n) is 10.3. The van der Waals surface area contributed by atoms with Crippen LogP contribution in [0.1, 0.15) is 57.8 Å². The Hall–Kier alpha value is -1.88. The Kier molecular flexibility index (Phi) is 3.87. The van der Waals surface area contributed by atoms with E-state index in [1.54, 1.807) is 0 Å². The van der Waals surface area contributed by atoms with Gasteiger partial charge in [0.1, 0.15) is 0 Å². The summed E-state index contributed by atoms with van der Waals surface area (Å²) < 4.78 is 0. The number of anilines is 2. The average Bonchev–Trinajstić information content (AvgIpc) is 2.98. The van der Waals surface area contributed by atoms with E-state index in [9.17, 15) is 14.7 Å². The molecule has 0 aromatic heterocycles. The van der Waals surface area contributed by atoms with Crippen LogP contribution in [0, 0.1) is 17.3 Å². The van der Waals surface area contributed by atoms with Gasteiger partial charge in [0.25, 0.3) is 0 Å². The third-order valence-corrected chi connectivity index (χ3v) is 7.22. The first-order chi connectivity index (χ1) is 12.9. The van der Waals surface area contributed by atoms with Crippen molar-refractivity contribution < 1.29 is 14.7 Å². The van der Waals surface area contributed by atoms with Gasteiger partial charge in [-0.3, -0.25) is 9.59 Å². The molecule has 4 aliphatic carbocycles. The number of carbonyl (C=O) groups excluding carboxylic acids is 2. The Bertz CT molecular complexity index is 758. The van der Waals surface area contributed by atoms with E-state index in [-0.39, 0.29) is 17.2 Å². The number of hydrogen-bond acceptors (Lipinski definition) is 3. The van der Waals surface area contributed by atoms with Crippen LogP contribution in [0.3, 0.4) is 0 Å². The molecular weight excluding hydrogens is 340 g/mol. The van der Waals surface area contributed by atoms with E-state index in [0.717, 1.165) is 56.4 Å². The molecule has 4 saturated carbocycles. The molecule has 6 rings (SSSR count). The molecular formula is C22H28N2O3. The van der Waals surface area contributed by atoms with Crippen LogP contribution < -0.4 is 10.2 Å². The van der Waals surface area contributed by atoms with Crippen molar-refractivity contribution in [2.45, 2.75) is 63.4 Å². The van der Waals surface area contributed by atoms with Gasteiger partial charge in [0.05, 0.1) is 5.60 Å². The molecule has 0 spiro atoms. The van der Waals surface area contributed by atoms with E-state index in [1.807, 2.05) is 29.2 Å². The molecule has 2 amide bonds. The largest absolute Gasteiger partial charge is 0.390 e. The molecule has 5 nitrogen and oxygen atoms in total. The highest BCUT2D eigenvalue weighted by atomic mass is 16.3. The molecule has 1 heterocycles. The summed E-state index contributed by atoms with van der Waals surface area (Å²) in [5, 5.41) is 13.9. The van der Waals surface area contributed by atoms with Gasteiger partial charge in [-0.2, -0.15) is 0 Å². The molecule has 5 heteroatoms. The predicted molar refractivity (Wildman–Crippen MR) is 103 cm³/mol. The van der Waals surface area contributed by atoms with E-state index in [0.29, 0.717) is 24.7 Å². The number of amides is 2. The molecule has 144 valence electrons. The summed E-state index contributed by atoms with van der Waals surface area (Å²) in [6, 6.07) is 7.58. The fourth-order valence-corrected chi connectivity index (χ4v) is 6.80. The van der Waals surface area contributed by atoms with Gasteiger partial charge >= 0.3 is 0 Å². The van der Waals surface area contributed by atoms with Crippen LogP contribution in [0.15, 0.2) is 24.3 Å². The zero-order chi connectivity index (χ0) is 18.6. The lowest BCUT2D eigenvalue weighted by Gasteiger charge is -2.60. The Labute approximate surface area is 160 Å². The molecule has 0 radical (unpaired) electrons. The topological polar surface area (TPSA) is 69.6 Å². The summed E-state index contributed by atoms with van der Waals surface area (Å²) >= 11 is 0. The second-order valence-corrected chi connectivity index (χ2v) is 9.61. The van der Waals surface area contributed by atoms with Gasteiger partial charge in [0.15, 0.2) is 0 Å². The maximum atomic E-state index is 12.7. The minimum atomic E-state index is -0.520. The maximum Gasteiger partial charge on any atom is 0.227 e. The highest BCUT2D eigenvalue weighted by Gasteiger charge is 2.57. The number of nitrogens with zero attached hydrogens (tertiary/aromatic N) is 1. The molecule has 2 N–H and O–H groups in total. The molecule has 4 atom stereocenters. The number of benzene rings is 1. The highest BCUT2D eigenvalue weighted by molar-refractivity contribution is 5.96. The normalized spacial score (nSPS) is 37.1. The van der Waals surface area contributed by atoms with Crippen LogP contribution in [0.4, 0.5) is 11.4 Å². The number of hydrogen-bond donors (Lipinski definition) is 2. The summed E-state index contributed by atoms with van der Waals surface area (Å²) in [6.07, 6.45) is 8.12. The van der Waals surface area contributed by atoms with Crippen LogP contribution in [-0.4, -0.2) is 29.1 Å². The van der Waals surface area contributed by atoms with Gasteiger partial charge < -0.3 is 15.3 Å². The predicted octanol–water partition coefficient (Wildman–Crippen LogP) is 3.47. The number of rotatable bonds is 4. The average molecular weight is 368 g/mol. The maximum absolute atomic E-state index is 12.7. The van der Waals surface area contributed by atoms with Crippen molar-refractivity contribution in [3.05, 3.63) is 24.3 Å². The van der Waals surface area contributed by atoms with Crippen LogP contribution in [-0.2, 0) is 9.59 Å². The molecule has 2 unspecified atom stereocenters. The van der Waals surface area contributed by atoms with E-state index in [2.05, 4.69) is 5.32 Å². The molecule has 4 bridgehead atoms. The zero-order valence-corrected chi connectivity index (χ0v) is 15.7. The standard InChI is InChI=1S/C22H28N2O3/c25-19(13-21-9-15-8-16(10-21)12-22(27,11-15)14-21)23-17-3-5-18(6-4-17)24-7-1-2-20(24)26/h3-6,15-16,27H,1-2,7-14H2,(H,23,25)/t15-,16+,21?,22?. The number of carbonyl (C=O) groups is 2. The molecule has 5 fully saturated rings. The van der Waals surface area contributed by atoms with Gasteiger partial charge in [-0.15, -0.1) is 0 Å². The molecule has 5 aliphatic rings. The molecule has 27 heavy (non-hydrogen) atoms. The van der Waals surface area contributed by atoms with Crippen LogP contribution in [0.2, 0.25) is 0 Å². The molecule has 1 aliphatic heterocycles. The summed E-state index contributed by atoms with van der Waals surface area (Å²) in [5.74, 6) is 1.42. The molecule has 1 aromatic rings. The lowest BCUT2D eigenvalue weighted by Crippen LogP contribution is -2.56. The first-order valence-corrected chi connectivity index (χ1v) is 10.3. The van der Waals surface area contributed by atoms with Crippen LogP contribution in [0.25, 0.3) is 0 Å². The van der Waals surface area contributed by atoms with Gasteiger partial charge in [0, 0.05) is 30.8 Å². The molecule has 1 saturated heterocycles. The number of nitrogens with one attached hydrogen (secondary N) is 1. The van der Waals surface area contributed by atoms with Gasteiger partial charge in [-0.1, -0.05) is 0 Å². The second-order valence-electron chi connectivity index (χ2n) is 9.61. The van der Waals surface area contributed by atoms with Crippen molar-refractivity contribution in [1.82, 2.24) is 0 Å². The zero-order valence-electron chi connectivity index (χ0n) is 15.7. The Morgan fingerprint density at radius 1 is 1.15 bits per heavy atom. The lowest BCUT2D eigenvalue weighted by molar-refractivity contribution is -0.167. The van der Waals surface area contributed by atoms with Crippen molar-refractivity contribution in [3.8, 4) is 0 Å². The first kappa shape index (κ1) is 17.2. The monoisotopic (exact) mass is 368 g/mol. The van der Waals surface area contributed by atoms with Gasteiger partial charge in [-0.25, -0.2) is 0 Å². The third-order valence-electron chi connectivity index (χ3n) is 7.22. The quantitative estimate of drug-likeness (QED) is 0.855. The van der Waals surface area contributed by atoms with E-state index >= 15 is 0 Å². The fourth-order valence-electron chi connectivity index (χ4n) is 6.80.